The van der Waals surface area contributed by atoms with Gasteiger partial charge in [-0.3, -0.25) is 0 Å². The number of benzene rings is 1. The van der Waals surface area contributed by atoms with Gasteiger partial charge in [0.25, 0.3) is 0 Å². The van der Waals surface area contributed by atoms with Crippen molar-refractivity contribution in [2.24, 2.45) is 0 Å². The van der Waals surface area contributed by atoms with Gasteiger partial charge >= 0.3 is 6.01 Å². The third-order valence-corrected chi connectivity index (χ3v) is 3.31. The first-order valence-corrected chi connectivity index (χ1v) is 6.38. The van der Waals surface area contributed by atoms with Crippen molar-refractivity contribution in [3.8, 4) is 22.2 Å². The number of para-hydroxylation sites is 1. The predicted octanol–water partition coefficient (Wildman–Crippen LogP) is 4.00. The van der Waals surface area contributed by atoms with Crippen LogP contribution in [0.1, 0.15) is 0 Å². The molecule has 3 aromatic rings. The zero-order valence-electron chi connectivity index (χ0n) is 9.48. The van der Waals surface area contributed by atoms with E-state index in [0.717, 1.165) is 16.2 Å². The van der Waals surface area contributed by atoms with Crippen LogP contribution in [-0.2, 0) is 0 Å². The third kappa shape index (κ3) is 2.38. The van der Waals surface area contributed by atoms with Crippen molar-refractivity contribution >= 4 is 11.3 Å². The van der Waals surface area contributed by atoms with Gasteiger partial charge in [-0.15, -0.1) is 11.3 Å². The molecular weight excluding hydrogens is 244 g/mol. The second kappa shape index (κ2) is 4.98. The van der Waals surface area contributed by atoms with E-state index in [1.54, 1.807) is 23.7 Å². The Hall–Kier alpha value is -2.20. The Balaban J connectivity index is 1.80. The van der Waals surface area contributed by atoms with E-state index < -0.39 is 0 Å². The van der Waals surface area contributed by atoms with Crippen molar-refractivity contribution in [3.05, 3.63) is 60.2 Å². The lowest BCUT2D eigenvalue weighted by molar-refractivity contribution is 0.442. The zero-order valence-corrected chi connectivity index (χ0v) is 10.3. The number of ether oxygens (including phenoxy) is 1. The van der Waals surface area contributed by atoms with Crippen LogP contribution in [-0.4, -0.2) is 9.97 Å². The van der Waals surface area contributed by atoms with Gasteiger partial charge in [0.2, 0.25) is 0 Å². The Morgan fingerprint density at radius 2 is 1.67 bits per heavy atom. The van der Waals surface area contributed by atoms with E-state index in [1.807, 2.05) is 47.8 Å². The summed E-state index contributed by atoms with van der Waals surface area (Å²) in [7, 11) is 0. The summed E-state index contributed by atoms with van der Waals surface area (Å²) in [6.45, 7) is 0. The van der Waals surface area contributed by atoms with Crippen LogP contribution in [0.4, 0.5) is 0 Å². The molecule has 0 aliphatic rings. The van der Waals surface area contributed by atoms with Crippen molar-refractivity contribution in [2.75, 3.05) is 0 Å². The highest BCUT2D eigenvalue weighted by Crippen LogP contribution is 2.24. The summed E-state index contributed by atoms with van der Waals surface area (Å²) >= 11 is 1.67. The van der Waals surface area contributed by atoms with E-state index >= 15 is 0 Å². The molecule has 0 radical (unpaired) electrons. The number of thiophene rings is 1. The summed E-state index contributed by atoms with van der Waals surface area (Å²) < 4.78 is 5.53. The fraction of sp³-hybridized carbons (Fsp3) is 0. The Labute approximate surface area is 109 Å². The molecule has 2 heterocycles. The highest BCUT2D eigenvalue weighted by Gasteiger charge is 2.02. The number of rotatable bonds is 3. The van der Waals surface area contributed by atoms with Gasteiger partial charge in [-0.1, -0.05) is 24.3 Å². The molecule has 0 aliphatic heterocycles. The van der Waals surface area contributed by atoms with Crippen molar-refractivity contribution in [3.63, 3.8) is 0 Å². The fourth-order valence-electron chi connectivity index (χ4n) is 1.53. The van der Waals surface area contributed by atoms with Gasteiger partial charge in [-0.05, 0) is 23.6 Å². The van der Waals surface area contributed by atoms with Gasteiger partial charge in [0.15, 0.2) is 0 Å². The number of hydrogen-bond acceptors (Lipinski definition) is 4. The van der Waals surface area contributed by atoms with Crippen molar-refractivity contribution < 1.29 is 4.74 Å². The van der Waals surface area contributed by atoms with Crippen LogP contribution in [0.15, 0.2) is 60.2 Å². The summed E-state index contributed by atoms with van der Waals surface area (Å²) in [5.41, 5.74) is 1.01. The Morgan fingerprint density at radius 3 is 2.33 bits per heavy atom. The molecule has 3 rings (SSSR count). The van der Waals surface area contributed by atoms with Crippen molar-refractivity contribution in [2.45, 2.75) is 0 Å². The molecule has 0 aliphatic carbocycles. The summed E-state index contributed by atoms with van der Waals surface area (Å²) in [6.07, 6.45) is 3.55. The van der Waals surface area contributed by atoms with E-state index in [2.05, 4.69) is 9.97 Å². The molecule has 0 unspecified atom stereocenters. The molecule has 0 saturated carbocycles. The van der Waals surface area contributed by atoms with Crippen LogP contribution < -0.4 is 4.74 Å². The molecule has 0 fully saturated rings. The van der Waals surface area contributed by atoms with E-state index in [9.17, 15) is 0 Å². The lowest BCUT2D eigenvalue weighted by Gasteiger charge is -2.03. The zero-order chi connectivity index (χ0) is 12.2. The van der Waals surface area contributed by atoms with Gasteiger partial charge in [-0.2, -0.15) is 0 Å². The molecule has 0 amide bonds. The molecule has 0 atom stereocenters. The van der Waals surface area contributed by atoms with Crippen LogP contribution in [0.3, 0.4) is 0 Å². The SMILES string of the molecule is c1ccc(Oc2ncc(-c3cccs3)cn2)cc1. The lowest BCUT2D eigenvalue weighted by Crippen LogP contribution is -1.91. The quantitative estimate of drug-likeness (QED) is 0.708. The predicted molar refractivity (Wildman–Crippen MR) is 71.9 cm³/mol. The molecule has 0 spiro atoms. The van der Waals surface area contributed by atoms with E-state index in [0.29, 0.717) is 6.01 Å². The van der Waals surface area contributed by atoms with Crippen LogP contribution in [0.5, 0.6) is 11.8 Å². The molecule has 0 saturated heterocycles. The van der Waals surface area contributed by atoms with Gasteiger partial charge in [0.05, 0.1) is 0 Å². The molecule has 18 heavy (non-hydrogen) atoms. The standard InChI is InChI=1S/C14H10N2OS/c1-2-5-12(6-3-1)17-14-15-9-11(10-16-14)13-7-4-8-18-13/h1-10H. The van der Waals surface area contributed by atoms with E-state index in [1.165, 1.54) is 0 Å². The summed E-state index contributed by atoms with van der Waals surface area (Å²) in [5.74, 6) is 0.737. The van der Waals surface area contributed by atoms with Crippen LogP contribution >= 0.6 is 11.3 Å². The maximum atomic E-state index is 5.53. The lowest BCUT2D eigenvalue weighted by atomic mass is 10.3. The van der Waals surface area contributed by atoms with Gasteiger partial charge in [0.1, 0.15) is 5.75 Å². The fourth-order valence-corrected chi connectivity index (χ4v) is 2.24. The number of hydrogen-bond donors (Lipinski definition) is 0. The van der Waals surface area contributed by atoms with Crippen molar-refractivity contribution in [1.29, 1.82) is 0 Å². The molecule has 3 nitrogen and oxygen atoms in total. The van der Waals surface area contributed by atoms with Crippen LogP contribution in [0, 0.1) is 0 Å². The average Bonchev–Trinajstić information content (AvgIpc) is 2.95. The number of aromatic nitrogens is 2. The first kappa shape index (κ1) is 10.9. The minimum atomic E-state index is 0.363. The minimum Gasteiger partial charge on any atom is -0.424 e. The Morgan fingerprint density at radius 1 is 0.889 bits per heavy atom. The molecule has 88 valence electrons. The Bertz CT molecular complexity index is 606. The largest absolute Gasteiger partial charge is 0.424 e. The highest BCUT2D eigenvalue weighted by molar-refractivity contribution is 7.13. The first-order valence-electron chi connectivity index (χ1n) is 5.51. The average molecular weight is 254 g/mol. The molecule has 0 bridgehead atoms. The molecule has 4 heteroatoms. The second-order valence-electron chi connectivity index (χ2n) is 3.65. The summed E-state index contributed by atoms with van der Waals surface area (Å²) in [5, 5.41) is 2.03. The molecule has 1 aromatic carbocycles. The summed E-state index contributed by atoms with van der Waals surface area (Å²) in [4.78, 5) is 9.56. The normalized spacial score (nSPS) is 10.2. The first-order chi connectivity index (χ1) is 8.92. The smallest absolute Gasteiger partial charge is 0.321 e. The van der Waals surface area contributed by atoms with Gasteiger partial charge < -0.3 is 4.74 Å². The third-order valence-electron chi connectivity index (χ3n) is 2.39. The maximum absolute atomic E-state index is 5.53. The van der Waals surface area contributed by atoms with Gasteiger partial charge in [0, 0.05) is 22.8 Å². The van der Waals surface area contributed by atoms with Crippen molar-refractivity contribution in [1.82, 2.24) is 9.97 Å². The summed E-state index contributed by atoms with van der Waals surface area (Å²) in [6, 6.07) is 13.9. The monoisotopic (exact) mass is 254 g/mol. The van der Waals surface area contributed by atoms with Gasteiger partial charge in [-0.25, -0.2) is 9.97 Å². The highest BCUT2D eigenvalue weighted by atomic mass is 32.1. The maximum Gasteiger partial charge on any atom is 0.321 e. The second-order valence-corrected chi connectivity index (χ2v) is 4.59. The molecule has 2 aromatic heterocycles. The molecule has 0 N–H and O–H groups in total. The Kier molecular flexibility index (Phi) is 3.02. The van der Waals surface area contributed by atoms with Crippen LogP contribution in [0.2, 0.25) is 0 Å². The minimum absolute atomic E-state index is 0.363. The molecular formula is C14H10N2OS. The van der Waals surface area contributed by atoms with E-state index in [4.69, 9.17) is 4.74 Å². The topological polar surface area (TPSA) is 35.0 Å². The van der Waals surface area contributed by atoms with E-state index in [-0.39, 0.29) is 0 Å². The number of nitrogens with zero attached hydrogens (tertiary/aromatic N) is 2. The van der Waals surface area contributed by atoms with Crippen LogP contribution in [0.25, 0.3) is 10.4 Å².